The van der Waals surface area contributed by atoms with E-state index in [9.17, 15) is 4.79 Å². The third-order valence-electron chi connectivity index (χ3n) is 3.57. The lowest BCUT2D eigenvalue weighted by Gasteiger charge is -2.26. The fourth-order valence-corrected chi connectivity index (χ4v) is 2.53. The van der Waals surface area contributed by atoms with Crippen molar-refractivity contribution in [3.63, 3.8) is 0 Å². The van der Waals surface area contributed by atoms with Gasteiger partial charge in [-0.25, -0.2) is 4.79 Å². The summed E-state index contributed by atoms with van der Waals surface area (Å²) in [4.78, 5) is 13.8. The summed E-state index contributed by atoms with van der Waals surface area (Å²) in [5, 5.41) is 7.41. The Labute approximate surface area is 115 Å². The lowest BCUT2D eigenvalue weighted by Crippen LogP contribution is -2.43. The van der Waals surface area contributed by atoms with Crippen LogP contribution in [0.3, 0.4) is 0 Å². The Balaban J connectivity index is 1.66. The van der Waals surface area contributed by atoms with Crippen LogP contribution >= 0.6 is 0 Å². The second-order valence-corrected chi connectivity index (χ2v) is 5.28. The van der Waals surface area contributed by atoms with E-state index in [1.165, 1.54) is 12.1 Å². The fourth-order valence-electron chi connectivity index (χ4n) is 2.53. The SMILES string of the molecule is Cc1cc(C)n(CCCNC(=O)N2CCCCC2)n1. The number of carbonyl (C=O) groups excluding carboxylic acids is 1. The number of carbonyl (C=O) groups is 1. The van der Waals surface area contributed by atoms with Crippen molar-refractivity contribution in [3.05, 3.63) is 17.5 Å². The zero-order valence-corrected chi connectivity index (χ0v) is 12.0. The summed E-state index contributed by atoms with van der Waals surface area (Å²) in [5.74, 6) is 0. The lowest BCUT2D eigenvalue weighted by atomic mass is 10.1. The number of urea groups is 1. The number of aromatic nitrogens is 2. The zero-order valence-electron chi connectivity index (χ0n) is 12.0. The van der Waals surface area contributed by atoms with Crippen LogP contribution in [0, 0.1) is 13.8 Å². The number of nitrogens with zero attached hydrogens (tertiary/aromatic N) is 3. The van der Waals surface area contributed by atoms with E-state index in [0.29, 0.717) is 6.54 Å². The molecule has 2 heterocycles. The highest BCUT2D eigenvalue weighted by molar-refractivity contribution is 5.74. The summed E-state index contributed by atoms with van der Waals surface area (Å²) in [7, 11) is 0. The maximum absolute atomic E-state index is 11.9. The molecule has 0 spiro atoms. The van der Waals surface area contributed by atoms with Crippen molar-refractivity contribution in [2.75, 3.05) is 19.6 Å². The lowest BCUT2D eigenvalue weighted by molar-refractivity contribution is 0.186. The van der Waals surface area contributed by atoms with Crippen LogP contribution in [0.4, 0.5) is 4.79 Å². The van der Waals surface area contributed by atoms with E-state index in [1.54, 1.807) is 0 Å². The van der Waals surface area contributed by atoms with Crippen LogP contribution in [-0.4, -0.2) is 40.3 Å². The van der Waals surface area contributed by atoms with Crippen molar-refractivity contribution in [2.45, 2.75) is 46.1 Å². The van der Waals surface area contributed by atoms with Crippen molar-refractivity contribution in [1.29, 1.82) is 0 Å². The molecule has 0 radical (unpaired) electrons. The number of rotatable bonds is 4. The molecule has 2 amide bonds. The largest absolute Gasteiger partial charge is 0.338 e. The number of hydrogen-bond donors (Lipinski definition) is 1. The average Bonchev–Trinajstić information content (AvgIpc) is 2.74. The molecule has 1 aromatic heterocycles. The Morgan fingerprint density at radius 3 is 2.68 bits per heavy atom. The second kappa shape index (κ2) is 6.59. The quantitative estimate of drug-likeness (QED) is 0.847. The van der Waals surface area contributed by atoms with Gasteiger partial charge < -0.3 is 10.2 Å². The highest BCUT2D eigenvalue weighted by atomic mass is 16.2. The molecule has 0 atom stereocenters. The first-order chi connectivity index (χ1) is 9.16. The zero-order chi connectivity index (χ0) is 13.7. The molecule has 1 fully saturated rings. The molecule has 0 bridgehead atoms. The third kappa shape index (κ3) is 3.98. The summed E-state index contributed by atoms with van der Waals surface area (Å²) < 4.78 is 2.00. The Hall–Kier alpha value is -1.52. The van der Waals surface area contributed by atoms with Gasteiger partial charge in [-0.2, -0.15) is 5.10 Å². The molecule has 19 heavy (non-hydrogen) atoms. The van der Waals surface area contributed by atoms with Crippen molar-refractivity contribution in [3.8, 4) is 0 Å². The van der Waals surface area contributed by atoms with Gasteiger partial charge in [0.2, 0.25) is 0 Å². The molecule has 2 rings (SSSR count). The van der Waals surface area contributed by atoms with Gasteiger partial charge in [-0.15, -0.1) is 0 Å². The van der Waals surface area contributed by atoms with Gasteiger partial charge in [0.1, 0.15) is 0 Å². The fraction of sp³-hybridized carbons (Fsp3) is 0.714. The minimum atomic E-state index is 0.0908. The summed E-state index contributed by atoms with van der Waals surface area (Å²) in [6.45, 7) is 7.45. The second-order valence-electron chi connectivity index (χ2n) is 5.28. The number of likely N-dealkylation sites (tertiary alicyclic amines) is 1. The van der Waals surface area contributed by atoms with Crippen molar-refractivity contribution >= 4 is 6.03 Å². The van der Waals surface area contributed by atoms with E-state index < -0.39 is 0 Å². The smallest absolute Gasteiger partial charge is 0.317 e. The van der Waals surface area contributed by atoms with E-state index in [1.807, 2.05) is 16.5 Å². The Morgan fingerprint density at radius 2 is 2.05 bits per heavy atom. The first-order valence-electron chi connectivity index (χ1n) is 7.20. The topological polar surface area (TPSA) is 50.2 Å². The molecule has 1 saturated heterocycles. The standard InChI is InChI=1S/C14H24N4O/c1-12-11-13(2)18(16-12)10-6-7-15-14(19)17-8-4-3-5-9-17/h11H,3-10H2,1-2H3,(H,15,19). The molecule has 0 aromatic carbocycles. The van der Waals surface area contributed by atoms with Crippen LogP contribution in [0.1, 0.15) is 37.1 Å². The normalized spacial score (nSPS) is 15.6. The van der Waals surface area contributed by atoms with Crippen LogP contribution in [0.5, 0.6) is 0 Å². The molecule has 5 heteroatoms. The Bertz CT molecular complexity index is 421. The van der Waals surface area contributed by atoms with Crippen LogP contribution < -0.4 is 5.32 Å². The van der Waals surface area contributed by atoms with Crippen molar-refractivity contribution in [1.82, 2.24) is 20.0 Å². The third-order valence-corrected chi connectivity index (χ3v) is 3.57. The van der Waals surface area contributed by atoms with Crippen LogP contribution in [-0.2, 0) is 6.54 Å². The minimum Gasteiger partial charge on any atom is -0.338 e. The van der Waals surface area contributed by atoms with Gasteiger partial charge in [0, 0.05) is 31.9 Å². The van der Waals surface area contributed by atoms with E-state index >= 15 is 0 Å². The van der Waals surface area contributed by atoms with Crippen LogP contribution in [0.15, 0.2) is 6.07 Å². The van der Waals surface area contributed by atoms with Crippen LogP contribution in [0.25, 0.3) is 0 Å². The minimum absolute atomic E-state index is 0.0908. The van der Waals surface area contributed by atoms with Gasteiger partial charge in [0.15, 0.2) is 0 Å². The predicted octanol–water partition coefficient (Wildman–Crippen LogP) is 2.09. The van der Waals surface area contributed by atoms with E-state index in [-0.39, 0.29) is 6.03 Å². The van der Waals surface area contributed by atoms with Gasteiger partial charge in [0.25, 0.3) is 0 Å². The van der Waals surface area contributed by atoms with Crippen molar-refractivity contribution < 1.29 is 4.79 Å². The first kappa shape index (κ1) is 13.9. The molecule has 0 saturated carbocycles. The molecular formula is C14H24N4O. The Kier molecular flexibility index (Phi) is 4.82. The highest BCUT2D eigenvalue weighted by Crippen LogP contribution is 2.08. The summed E-state index contributed by atoms with van der Waals surface area (Å²) in [5.41, 5.74) is 2.23. The van der Waals surface area contributed by atoms with Gasteiger partial charge in [-0.1, -0.05) is 0 Å². The first-order valence-corrected chi connectivity index (χ1v) is 7.20. The van der Waals surface area contributed by atoms with E-state index in [2.05, 4.69) is 23.4 Å². The van der Waals surface area contributed by atoms with Gasteiger partial charge >= 0.3 is 6.03 Å². The van der Waals surface area contributed by atoms with Gasteiger partial charge in [-0.05, 0) is 45.6 Å². The number of piperidine rings is 1. The maximum atomic E-state index is 11.9. The molecule has 5 nitrogen and oxygen atoms in total. The molecule has 106 valence electrons. The highest BCUT2D eigenvalue weighted by Gasteiger charge is 2.15. The molecule has 0 aliphatic carbocycles. The summed E-state index contributed by atoms with van der Waals surface area (Å²) >= 11 is 0. The van der Waals surface area contributed by atoms with Gasteiger partial charge in [0.05, 0.1) is 5.69 Å². The van der Waals surface area contributed by atoms with Gasteiger partial charge in [-0.3, -0.25) is 4.68 Å². The maximum Gasteiger partial charge on any atom is 0.317 e. The number of aryl methyl sites for hydroxylation is 3. The Morgan fingerprint density at radius 1 is 1.32 bits per heavy atom. The molecule has 1 N–H and O–H groups in total. The molecule has 1 aliphatic heterocycles. The van der Waals surface area contributed by atoms with E-state index in [4.69, 9.17) is 0 Å². The number of amides is 2. The molecule has 1 aliphatic rings. The predicted molar refractivity (Wildman–Crippen MR) is 75.1 cm³/mol. The van der Waals surface area contributed by atoms with Crippen molar-refractivity contribution in [2.24, 2.45) is 0 Å². The molecule has 1 aromatic rings. The molecule has 0 unspecified atom stereocenters. The monoisotopic (exact) mass is 264 g/mol. The van der Waals surface area contributed by atoms with Crippen LogP contribution in [0.2, 0.25) is 0 Å². The summed E-state index contributed by atoms with van der Waals surface area (Å²) in [6, 6.07) is 2.17. The van der Waals surface area contributed by atoms with E-state index in [0.717, 1.165) is 44.6 Å². The number of nitrogens with one attached hydrogen (secondary N) is 1. The molecular weight excluding hydrogens is 240 g/mol. The summed E-state index contributed by atoms with van der Waals surface area (Å²) in [6.07, 6.45) is 4.45. The number of hydrogen-bond acceptors (Lipinski definition) is 2. The average molecular weight is 264 g/mol.